The van der Waals surface area contributed by atoms with E-state index in [1.165, 1.54) is 12.1 Å². The third kappa shape index (κ3) is 2.68. The number of benzene rings is 2. The van der Waals surface area contributed by atoms with Crippen LogP contribution in [0.4, 0.5) is 4.39 Å². The van der Waals surface area contributed by atoms with Crippen LogP contribution in [0, 0.1) is 5.82 Å². The zero-order valence-electron chi connectivity index (χ0n) is 11.2. The molecule has 5 heteroatoms. The molecule has 1 unspecified atom stereocenters. The van der Waals surface area contributed by atoms with Crippen molar-refractivity contribution in [1.82, 2.24) is 0 Å². The molecule has 2 nitrogen and oxygen atoms in total. The van der Waals surface area contributed by atoms with E-state index in [1.807, 2.05) is 19.1 Å². The molecule has 1 N–H and O–H groups in total. The fraction of sp³-hybridized carbons (Fsp3) is 0.250. The lowest BCUT2D eigenvalue weighted by Gasteiger charge is -2.39. The Balaban J connectivity index is 2.07. The van der Waals surface area contributed by atoms with Crippen molar-refractivity contribution < 1.29 is 14.2 Å². The van der Waals surface area contributed by atoms with Gasteiger partial charge in [0.15, 0.2) is 0 Å². The number of aliphatic hydroxyl groups is 1. The molecule has 0 amide bonds. The van der Waals surface area contributed by atoms with Gasteiger partial charge in [-0.15, -0.1) is 0 Å². The molecular weight excluding hydrogens is 359 g/mol. The second kappa shape index (κ2) is 5.27. The van der Waals surface area contributed by atoms with Crippen molar-refractivity contribution in [3.05, 3.63) is 62.8 Å². The summed E-state index contributed by atoms with van der Waals surface area (Å²) in [5, 5.41) is 10.9. The van der Waals surface area contributed by atoms with E-state index >= 15 is 0 Å². The van der Waals surface area contributed by atoms with Gasteiger partial charge in [-0.25, -0.2) is 4.39 Å². The summed E-state index contributed by atoms with van der Waals surface area (Å²) in [5.74, 6) is -0.0395. The maximum Gasteiger partial charge on any atom is 0.135 e. The Hall–Kier alpha value is -1.10. The van der Waals surface area contributed by atoms with Crippen molar-refractivity contribution in [3.8, 4) is 5.75 Å². The maximum atomic E-state index is 13.4. The smallest absolute Gasteiger partial charge is 0.135 e. The summed E-state index contributed by atoms with van der Waals surface area (Å²) in [6.07, 6.45) is -0.369. The highest BCUT2D eigenvalue weighted by Crippen LogP contribution is 2.46. The number of fused-ring (bicyclic) bond motifs is 1. The molecule has 21 heavy (non-hydrogen) atoms. The van der Waals surface area contributed by atoms with Gasteiger partial charge < -0.3 is 9.84 Å². The highest BCUT2D eigenvalue weighted by atomic mass is 79.9. The minimum Gasteiger partial charge on any atom is -0.482 e. The van der Waals surface area contributed by atoms with E-state index in [1.54, 1.807) is 12.1 Å². The Morgan fingerprint density at radius 3 is 2.81 bits per heavy atom. The molecule has 1 aliphatic heterocycles. The maximum absolute atomic E-state index is 13.4. The first-order valence-electron chi connectivity index (χ1n) is 6.51. The predicted octanol–water partition coefficient (Wildman–Crippen LogP) is 4.97. The number of hydrogen-bond donors (Lipinski definition) is 1. The van der Waals surface area contributed by atoms with Gasteiger partial charge in [-0.2, -0.15) is 0 Å². The fourth-order valence-electron chi connectivity index (χ4n) is 2.72. The lowest BCUT2D eigenvalue weighted by atomic mass is 9.85. The van der Waals surface area contributed by atoms with E-state index in [0.29, 0.717) is 22.8 Å². The molecule has 0 fully saturated rings. The molecule has 0 saturated carbocycles. The molecule has 0 saturated heterocycles. The molecule has 110 valence electrons. The summed E-state index contributed by atoms with van der Waals surface area (Å²) in [5.41, 5.74) is 0.557. The van der Waals surface area contributed by atoms with E-state index in [0.717, 1.165) is 10.0 Å². The van der Waals surface area contributed by atoms with Gasteiger partial charge >= 0.3 is 0 Å². The van der Waals surface area contributed by atoms with Crippen molar-refractivity contribution >= 4 is 27.5 Å². The molecule has 0 spiro atoms. The lowest BCUT2D eigenvalue weighted by Crippen LogP contribution is -2.36. The lowest BCUT2D eigenvalue weighted by molar-refractivity contribution is -0.00507. The van der Waals surface area contributed by atoms with Crippen molar-refractivity contribution in [1.29, 1.82) is 0 Å². The third-order valence-corrected chi connectivity index (χ3v) is 4.56. The Morgan fingerprint density at radius 1 is 1.33 bits per heavy atom. The summed E-state index contributed by atoms with van der Waals surface area (Å²) >= 11 is 9.65. The average molecular weight is 372 g/mol. The van der Waals surface area contributed by atoms with Crippen LogP contribution in [-0.4, -0.2) is 5.11 Å². The first-order chi connectivity index (χ1) is 9.89. The zero-order chi connectivity index (χ0) is 15.2. The zero-order valence-corrected chi connectivity index (χ0v) is 13.6. The first kappa shape index (κ1) is 14.8. The monoisotopic (exact) mass is 370 g/mol. The van der Waals surface area contributed by atoms with Crippen LogP contribution in [0.2, 0.25) is 5.02 Å². The molecule has 0 radical (unpaired) electrons. The fourth-order valence-corrected chi connectivity index (χ4v) is 3.59. The van der Waals surface area contributed by atoms with Crippen LogP contribution >= 0.6 is 27.5 Å². The Kier molecular flexibility index (Phi) is 3.72. The van der Waals surface area contributed by atoms with Crippen LogP contribution in [0.3, 0.4) is 0 Å². The minimum atomic E-state index is -0.808. The minimum absolute atomic E-state index is 0.354. The SMILES string of the molecule is CC1(c2ccc(Br)cc2Cl)C[C@H](O)c2ccc(F)cc2O1. The second-order valence-electron chi connectivity index (χ2n) is 5.36. The second-order valence-corrected chi connectivity index (χ2v) is 6.68. The van der Waals surface area contributed by atoms with E-state index in [2.05, 4.69) is 15.9 Å². The van der Waals surface area contributed by atoms with Gasteiger partial charge in [-0.1, -0.05) is 33.6 Å². The number of ether oxygens (including phenoxy) is 1. The molecular formula is C16H13BrClFO2. The number of halogens is 3. The Bertz CT molecular complexity index is 707. The van der Waals surface area contributed by atoms with E-state index < -0.39 is 17.5 Å². The van der Waals surface area contributed by atoms with Crippen LogP contribution in [0.1, 0.15) is 30.6 Å². The van der Waals surface area contributed by atoms with Crippen molar-refractivity contribution in [2.75, 3.05) is 0 Å². The molecule has 1 aliphatic rings. The number of hydrogen-bond acceptors (Lipinski definition) is 2. The van der Waals surface area contributed by atoms with Gasteiger partial charge in [-0.3, -0.25) is 0 Å². The summed E-state index contributed by atoms with van der Waals surface area (Å²) in [6, 6.07) is 9.66. The Labute approximate surface area is 135 Å². The van der Waals surface area contributed by atoms with Crippen LogP contribution in [0.25, 0.3) is 0 Å². The van der Waals surface area contributed by atoms with Gasteiger partial charge in [0.05, 0.1) is 6.10 Å². The van der Waals surface area contributed by atoms with Gasteiger partial charge in [0.2, 0.25) is 0 Å². The molecule has 2 aromatic carbocycles. The highest BCUT2D eigenvalue weighted by Gasteiger charge is 2.39. The van der Waals surface area contributed by atoms with Crippen molar-refractivity contribution in [2.24, 2.45) is 0 Å². The van der Waals surface area contributed by atoms with Crippen LogP contribution in [-0.2, 0) is 5.60 Å². The molecule has 0 aliphatic carbocycles. The van der Waals surface area contributed by atoms with Crippen LogP contribution in [0.15, 0.2) is 40.9 Å². The van der Waals surface area contributed by atoms with Gasteiger partial charge in [0.1, 0.15) is 17.2 Å². The van der Waals surface area contributed by atoms with Crippen molar-refractivity contribution in [3.63, 3.8) is 0 Å². The summed E-state index contributed by atoms with van der Waals surface area (Å²) in [7, 11) is 0. The summed E-state index contributed by atoms with van der Waals surface area (Å²) in [4.78, 5) is 0. The molecule has 0 aromatic heterocycles. The van der Waals surface area contributed by atoms with E-state index in [-0.39, 0.29) is 0 Å². The summed E-state index contributed by atoms with van der Waals surface area (Å²) < 4.78 is 20.3. The first-order valence-corrected chi connectivity index (χ1v) is 7.68. The predicted molar refractivity (Wildman–Crippen MR) is 83.1 cm³/mol. The van der Waals surface area contributed by atoms with Gasteiger partial charge in [0, 0.05) is 33.1 Å². The van der Waals surface area contributed by atoms with E-state index in [4.69, 9.17) is 16.3 Å². The third-order valence-electron chi connectivity index (χ3n) is 3.75. The summed E-state index contributed by atoms with van der Waals surface area (Å²) in [6.45, 7) is 1.85. The van der Waals surface area contributed by atoms with Crippen LogP contribution < -0.4 is 4.74 Å². The van der Waals surface area contributed by atoms with Crippen LogP contribution in [0.5, 0.6) is 5.75 Å². The number of rotatable bonds is 1. The van der Waals surface area contributed by atoms with Gasteiger partial charge in [-0.05, 0) is 31.2 Å². The topological polar surface area (TPSA) is 29.5 Å². The van der Waals surface area contributed by atoms with E-state index in [9.17, 15) is 9.50 Å². The molecule has 0 bridgehead atoms. The molecule has 3 rings (SSSR count). The standard InChI is InChI=1S/C16H13BrClFO2/c1-16(12-5-2-9(17)6-13(12)18)8-14(20)11-4-3-10(19)7-15(11)21-16/h2-7,14,20H,8H2,1H3/t14-,16?/m0/s1. The van der Waals surface area contributed by atoms with Crippen molar-refractivity contribution in [2.45, 2.75) is 25.0 Å². The molecule has 2 atom stereocenters. The quantitative estimate of drug-likeness (QED) is 0.766. The highest BCUT2D eigenvalue weighted by molar-refractivity contribution is 9.10. The number of aliphatic hydroxyl groups excluding tert-OH is 1. The Morgan fingerprint density at radius 2 is 2.10 bits per heavy atom. The molecule has 1 heterocycles. The normalized spacial score (nSPS) is 24.3. The molecule has 2 aromatic rings. The van der Waals surface area contributed by atoms with Gasteiger partial charge in [0.25, 0.3) is 0 Å². The average Bonchev–Trinajstić information content (AvgIpc) is 2.37. The largest absolute Gasteiger partial charge is 0.482 e.